The van der Waals surface area contributed by atoms with Gasteiger partial charge in [0.2, 0.25) is 0 Å². The number of urea groups is 1. The van der Waals surface area contributed by atoms with E-state index in [2.05, 4.69) is 10.6 Å². The topological polar surface area (TPSA) is 59.6 Å². The highest BCUT2D eigenvalue weighted by molar-refractivity contribution is 5.74. The third-order valence-corrected chi connectivity index (χ3v) is 4.73. The number of hydrogen-bond acceptors (Lipinski definition) is 3. The molecule has 1 fully saturated rings. The molecule has 1 aliphatic carbocycles. The maximum Gasteiger partial charge on any atom is 0.315 e. The Kier molecular flexibility index (Phi) is 6.50. The highest BCUT2D eigenvalue weighted by Crippen LogP contribution is 2.25. The van der Waals surface area contributed by atoms with E-state index in [1.54, 1.807) is 7.11 Å². The van der Waals surface area contributed by atoms with Crippen LogP contribution in [-0.4, -0.2) is 25.3 Å². The Bertz CT molecular complexity index is 697. The molecular formula is C21H26N2O3. The Labute approximate surface area is 154 Å². The number of hydrogen-bond donors (Lipinski definition) is 2. The lowest BCUT2D eigenvalue weighted by Crippen LogP contribution is -2.44. The lowest BCUT2D eigenvalue weighted by Gasteiger charge is -2.28. The summed E-state index contributed by atoms with van der Waals surface area (Å²) in [6.07, 6.45) is 4.24. The fraction of sp³-hybridized carbons (Fsp3) is 0.381. The summed E-state index contributed by atoms with van der Waals surface area (Å²) in [7, 11) is 1.75. The second-order valence-corrected chi connectivity index (χ2v) is 6.56. The van der Waals surface area contributed by atoms with E-state index in [9.17, 15) is 4.79 Å². The van der Waals surface area contributed by atoms with Crippen molar-refractivity contribution in [3.63, 3.8) is 0 Å². The Morgan fingerprint density at radius 1 is 1.00 bits per heavy atom. The van der Waals surface area contributed by atoms with Gasteiger partial charge >= 0.3 is 6.03 Å². The highest BCUT2D eigenvalue weighted by atomic mass is 16.5. The molecule has 0 atom stereocenters. The summed E-state index contributed by atoms with van der Waals surface area (Å²) < 4.78 is 11.3. The Morgan fingerprint density at radius 3 is 2.42 bits per heavy atom. The third kappa shape index (κ3) is 5.23. The third-order valence-electron chi connectivity index (χ3n) is 4.73. The molecule has 2 N–H and O–H groups in total. The van der Waals surface area contributed by atoms with Crippen LogP contribution in [0.5, 0.6) is 11.5 Å². The predicted molar refractivity (Wildman–Crippen MR) is 101 cm³/mol. The van der Waals surface area contributed by atoms with Gasteiger partial charge in [0.15, 0.2) is 0 Å². The molecule has 0 aromatic heterocycles. The van der Waals surface area contributed by atoms with Crippen molar-refractivity contribution in [2.75, 3.05) is 7.11 Å². The average molecular weight is 354 g/mol. The van der Waals surface area contributed by atoms with Gasteiger partial charge < -0.3 is 20.1 Å². The lowest BCUT2D eigenvalue weighted by molar-refractivity contribution is 0.0635. The molecule has 3 rings (SSSR count). The molecule has 0 heterocycles. The number of ether oxygens (including phenoxy) is 2. The van der Waals surface area contributed by atoms with Crippen LogP contribution in [0.15, 0.2) is 54.6 Å². The minimum absolute atomic E-state index is 0.139. The molecule has 26 heavy (non-hydrogen) atoms. The maximum absolute atomic E-state index is 12.2. The van der Waals surface area contributed by atoms with Gasteiger partial charge in [0.05, 0.1) is 6.10 Å². The van der Waals surface area contributed by atoms with Crippen LogP contribution < -0.4 is 15.4 Å². The summed E-state index contributed by atoms with van der Waals surface area (Å²) in [5.74, 6) is 1.53. The fourth-order valence-electron chi connectivity index (χ4n) is 3.22. The Morgan fingerprint density at radius 2 is 1.69 bits per heavy atom. The van der Waals surface area contributed by atoms with Crippen molar-refractivity contribution in [1.29, 1.82) is 0 Å². The van der Waals surface area contributed by atoms with Crippen LogP contribution in [0.4, 0.5) is 4.79 Å². The molecule has 5 heteroatoms. The zero-order valence-electron chi connectivity index (χ0n) is 15.1. The first-order chi connectivity index (χ1) is 12.7. The van der Waals surface area contributed by atoms with Gasteiger partial charge in [-0.15, -0.1) is 0 Å². The van der Waals surface area contributed by atoms with Crippen molar-refractivity contribution in [3.8, 4) is 11.5 Å². The van der Waals surface area contributed by atoms with Crippen molar-refractivity contribution >= 4 is 6.03 Å². The monoisotopic (exact) mass is 354 g/mol. The maximum atomic E-state index is 12.2. The van der Waals surface area contributed by atoms with Crippen molar-refractivity contribution in [2.45, 2.75) is 44.4 Å². The number of carbonyl (C=O) groups is 1. The average Bonchev–Trinajstić information content (AvgIpc) is 2.69. The van der Waals surface area contributed by atoms with E-state index < -0.39 is 0 Å². The molecule has 2 aromatic rings. The molecule has 2 amide bonds. The zero-order chi connectivity index (χ0) is 18.2. The molecule has 0 bridgehead atoms. The van der Waals surface area contributed by atoms with Crippen LogP contribution in [0.2, 0.25) is 0 Å². The van der Waals surface area contributed by atoms with Gasteiger partial charge in [0.25, 0.3) is 0 Å². The first-order valence-corrected chi connectivity index (χ1v) is 9.12. The van der Waals surface area contributed by atoms with Crippen LogP contribution in [-0.2, 0) is 11.3 Å². The molecular weight excluding hydrogens is 328 g/mol. The molecule has 0 radical (unpaired) electrons. The van der Waals surface area contributed by atoms with Crippen LogP contribution in [0, 0.1) is 0 Å². The van der Waals surface area contributed by atoms with Gasteiger partial charge in [-0.2, -0.15) is 0 Å². The van der Waals surface area contributed by atoms with E-state index in [1.807, 2.05) is 54.6 Å². The lowest BCUT2D eigenvalue weighted by atomic mass is 9.93. The molecule has 0 spiro atoms. The van der Waals surface area contributed by atoms with Crippen LogP contribution >= 0.6 is 0 Å². The number of para-hydroxylation sites is 2. The van der Waals surface area contributed by atoms with Gasteiger partial charge in [0.1, 0.15) is 11.5 Å². The quantitative estimate of drug-likeness (QED) is 0.816. The second-order valence-electron chi connectivity index (χ2n) is 6.56. The normalized spacial score (nSPS) is 19.6. The van der Waals surface area contributed by atoms with E-state index in [-0.39, 0.29) is 12.1 Å². The molecule has 0 aliphatic heterocycles. The molecule has 2 aromatic carbocycles. The second kappa shape index (κ2) is 9.25. The summed E-state index contributed by atoms with van der Waals surface area (Å²) in [4.78, 5) is 12.2. The minimum Gasteiger partial charge on any atom is -0.457 e. The van der Waals surface area contributed by atoms with E-state index in [4.69, 9.17) is 9.47 Å². The van der Waals surface area contributed by atoms with E-state index in [1.165, 1.54) is 0 Å². The number of nitrogens with one attached hydrogen (secondary N) is 2. The van der Waals surface area contributed by atoms with E-state index in [0.717, 1.165) is 42.7 Å². The molecule has 138 valence electrons. The first kappa shape index (κ1) is 18.3. The van der Waals surface area contributed by atoms with Gasteiger partial charge in [-0.1, -0.05) is 36.4 Å². The van der Waals surface area contributed by atoms with Gasteiger partial charge in [-0.25, -0.2) is 4.79 Å². The highest BCUT2D eigenvalue weighted by Gasteiger charge is 2.22. The number of methoxy groups -OCH3 is 1. The number of amides is 2. The molecule has 0 saturated heterocycles. The van der Waals surface area contributed by atoms with Crippen LogP contribution in [0.3, 0.4) is 0 Å². The van der Waals surface area contributed by atoms with Crippen molar-refractivity contribution < 1.29 is 14.3 Å². The SMILES string of the molecule is COC1CCC(NC(=O)NCc2ccccc2Oc2ccccc2)CC1. The zero-order valence-corrected chi connectivity index (χ0v) is 15.1. The standard InChI is InChI=1S/C21H26N2O3/c1-25-18-13-11-17(12-14-18)23-21(24)22-15-16-7-5-6-10-20(16)26-19-8-3-2-4-9-19/h2-10,17-18H,11-15H2,1H3,(H2,22,23,24). The van der Waals surface area contributed by atoms with E-state index >= 15 is 0 Å². The summed E-state index contributed by atoms with van der Waals surface area (Å²) in [5, 5.41) is 5.99. The smallest absolute Gasteiger partial charge is 0.315 e. The summed E-state index contributed by atoms with van der Waals surface area (Å²) >= 11 is 0. The van der Waals surface area contributed by atoms with Crippen LogP contribution in [0.25, 0.3) is 0 Å². The predicted octanol–water partition coefficient (Wildman–Crippen LogP) is 4.24. The van der Waals surface area contributed by atoms with Crippen molar-refractivity contribution in [3.05, 3.63) is 60.2 Å². The first-order valence-electron chi connectivity index (χ1n) is 9.12. The van der Waals surface area contributed by atoms with Gasteiger partial charge in [0, 0.05) is 25.3 Å². The van der Waals surface area contributed by atoms with Crippen molar-refractivity contribution in [2.24, 2.45) is 0 Å². The van der Waals surface area contributed by atoms with E-state index in [0.29, 0.717) is 12.6 Å². The summed E-state index contributed by atoms with van der Waals surface area (Å²) in [6, 6.07) is 17.5. The van der Waals surface area contributed by atoms with Gasteiger partial charge in [-0.05, 0) is 43.9 Å². The largest absolute Gasteiger partial charge is 0.457 e. The summed E-state index contributed by atoms with van der Waals surface area (Å²) in [5.41, 5.74) is 0.939. The minimum atomic E-state index is -0.139. The fourth-order valence-corrected chi connectivity index (χ4v) is 3.22. The van der Waals surface area contributed by atoms with Gasteiger partial charge in [-0.3, -0.25) is 0 Å². The molecule has 1 saturated carbocycles. The molecule has 0 unspecified atom stereocenters. The van der Waals surface area contributed by atoms with Crippen LogP contribution in [0.1, 0.15) is 31.2 Å². The Balaban J connectivity index is 1.51. The molecule has 1 aliphatic rings. The number of benzene rings is 2. The number of carbonyl (C=O) groups excluding carboxylic acids is 1. The van der Waals surface area contributed by atoms with Crippen molar-refractivity contribution in [1.82, 2.24) is 10.6 Å². The molecule has 5 nitrogen and oxygen atoms in total. The summed E-state index contributed by atoms with van der Waals surface area (Å²) in [6.45, 7) is 0.419. The number of rotatable bonds is 6. The Hall–Kier alpha value is -2.53.